The van der Waals surface area contributed by atoms with E-state index in [-0.39, 0.29) is 51.5 Å². The number of amides is 3. The van der Waals surface area contributed by atoms with Crippen LogP contribution in [0, 0.1) is 36.5 Å². The fourth-order valence-electron chi connectivity index (χ4n) is 7.36. The lowest BCUT2D eigenvalue weighted by molar-refractivity contribution is -0.146. The topological polar surface area (TPSA) is 112 Å². The number of hydrogen-bond acceptors (Lipinski definition) is 7. The number of rotatable bonds is 4. The number of thioether (sulfide) groups is 1. The molecule has 2 bridgehead atoms. The summed E-state index contributed by atoms with van der Waals surface area (Å²) in [7, 11) is 0. The van der Waals surface area contributed by atoms with E-state index >= 15 is 0 Å². The second-order valence-electron chi connectivity index (χ2n) is 10.8. The number of aromatic nitrogens is 2. The van der Waals surface area contributed by atoms with Crippen LogP contribution in [-0.2, 0) is 14.4 Å². The zero-order valence-corrected chi connectivity index (χ0v) is 22.4. The van der Waals surface area contributed by atoms with Crippen molar-refractivity contribution in [3.05, 3.63) is 74.5 Å². The summed E-state index contributed by atoms with van der Waals surface area (Å²) >= 11 is 2.89. The molecular formula is C28H26N4O4S2. The first-order chi connectivity index (χ1) is 18.3. The lowest BCUT2D eigenvalue weighted by Crippen LogP contribution is -2.46. The van der Waals surface area contributed by atoms with E-state index < -0.39 is 17.9 Å². The molecule has 2 N–H and O–H groups in total. The van der Waals surface area contributed by atoms with Crippen LogP contribution in [0.3, 0.4) is 0 Å². The number of hydrogen-bond donors (Lipinski definition) is 2. The van der Waals surface area contributed by atoms with E-state index in [0.29, 0.717) is 5.69 Å². The third-order valence-electron chi connectivity index (χ3n) is 8.89. The molecule has 1 aromatic carbocycles. The largest absolute Gasteiger partial charge is 0.324 e. The average Bonchev–Trinajstić information content (AvgIpc) is 3.64. The third kappa shape index (κ3) is 3.39. The summed E-state index contributed by atoms with van der Waals surface area (Å²) in [6.45, 7) is 3.60. The van der Waals surface area contributed by atoms with E-state index in [1.165, 1.54) is 16.2 Å². The first-order valence-corrected chi connectivity index (χ1v) is 14.6. The highest BCUT2D eigenvalue weighted by atomic mass is 32.2. The lowest BCUT2D eigenvalue weighted by Gasteiger charge is -2.42. The molecule has 10 heteroatoms. The van der Waals surface area contributed by atoms with E-state index in [4.69, 9.17) is 0 Å². The first kappa shape index (κ1) is 23.8. The number of carbonyl (C=O) groups excluding carboxylic acids is 3. The van der Waals surface area contributed by atoms with Crippen LogP contribution in [0.2, 0.25) is 0 Å². The van der Waals surface area contributed by atoms with Crippen molar-refractivity contribution >= 4 is 46.5 Å². The molecule has 0 radical (unpaired) electrons. The van der Waals surface area contributed by atoms with Gasteiger partial charge in [0.1, 0.15) is 6.04 Å². The van der Waals surface area contributed by atoms with Crippen LogP contribution < -0.4 is 10.2 Å². The zero-order chi connectivity index (χ0) is 26.3. The quantitative estimate of drug-likeness (QED) is 0.484. The van der Waals surface area contributed by atoms with Crippen molar-refractivity contribution in [2.24, 2.45) is 29.6 Å². The Kier molecular flexibility index (Phi) is 5.42. The Morgan fingerprint density at radius 1 is 1.11 bits per heavy atom. The Bertz CT molecular complexity index is 1520. The van der Waals surface area contributed by atoms with Gasteiger partial charge in [-0.25, -0.2) is 0 Å². The van der Waals surface area contributed by atoms with Gasteiger partial charge in [-0.1, -0.05) is 35.1 Å². The molecule has 2 aromatic heterocycles. The molecule has 2 aliphatic carbocycles. The fourth-order valence-corrected chi connectivity index (χ4v) is 10.2. The smallest absolute Gasteiger partial charge is 0.305 e. The highest BCUT2D eigenvalue weighted by Crippen LogP contribution is 2.68. The van der Waals surface area contributed by atoms with Crippen molar-refractivity contribution in [3.8, 4) is 0 Å². The molecule has 2 aliphatic heterocycles. The summed E-state index contributed by atoms with van der Waals surface area (Å²) in [5.41, 5.74) is 2.74. The average molecular weight is 547 g/mol. The van der Waals surface area contributed by atoms with Crippen molar-refractivity contribution in [1.29, 1.82) is 0 Å². The Balaban J connectivity index is 1.20. The van der Waals surface area contributed by atoms with Gasteiger partial charge in [-0.05, 0) is 61.8 Å². The van der Waals surface area contributed by atoms with E-state index in [1.807, 2.05) is 49.5 Å². The molecule has 3 aromatic rings. The number of aromatic amines is 1. The second-order valence-corrected chi connectivity index (χ2v) is 13.0. The van der Waals surface area contributed by atoms with Crippen molar-refractivity contribution < 1.29 is 14.4 Å². The maximum atomic E-state index is 13.8. The van der Waals surface area contributed by atoms with Crippen LogP contribution in [0.4, 0.5) is 5.69 Å². The molecule has 4 heterocycles. The molecule has 4 aliphatic rings. The Morgan fingerprint density at radius 2 is 1.84 bits per heavy atom. The fraction of sp³-hybridized carbons (Fsp3) is 0.393. The number of nitrogens with one attached hydrogen (secondary N) is 2. The Hall–Kier alpha value is -3.24. The van der Waals surface area contributed by atoms with Gasteiger partial charge in [0.15, 0.2) is 0 Å². The molecule has 0 spiro atoms. The number of carbonyl (C=O) groups is 3. The molecular weight excluding hydrogens is 520 g/mol. The van der Waals surface area contributed by atoms with Crippen molar-refractivity contribution in [3.63, 3.8) is 0 Å². The predicted octanol–water partition coefficient (Wildman–Crippen LogP) is 3.64. The number of benzene rings is 1. The van der Waals surface area contributed by atoms with Gasteiger partial charge in [0.25, 0.3) is 0 Å². The van der Waals surface area contributed by atoms with E-state index in [9.17, 15) is 19.2 Å². The van der Waals surface area contributed by atoms with Crippen molar-refractivity contribution in [2.75, 3.05) is 5.32 Å². The number of anilines is 1. The molecule has 3 amide bonds. The van der Waals surface area contributed by atoms with E-state index in [1.54, 1.807) is 24.9 Å². The number of aryl methyl sites for hydroxylation is 1. The normalized spacial score (nSPS) is 31.6. The Morgan fingerprint density at radius 3 is 2.55 bits per heavy atom. The zero-order valence-electron chi connectivity index (χ0n) is 20.8. The molecule has 7 rings (SSSR count). The number of thiazole rings is 1. The van der Waals surface area contributed by atoms with Gasteiger partial charge in [0, 0.05) is 34.1 Å². The molecule has 1 saturated heterocycles. The van der Waals surface area contributed by atoms with Crippen LogP contribution in [0.1, 0.15) is 35.3 Å². The SMILES string of the molecule is Cc1ccc(NC(=O)C(C)N2C(=O)C3C4CC(C3C2=O)C2C(c3cccnc3)c3sc(=O)[nH]c3SC42)cc1. The predicted molar refractivity (Wildman–Crippen MR) is 144 cm³/mol. The summed E-state index contributed by atoms with van der Waals surface area (Å²) < 4.78 is 0. The molecule has 194 valence electrons. The molecule has 8 atom stereocenters. The number of H-pyrrole nitrogens is 1. The highest BCUT2D eigenvalue weighted by molar-refractivity contribution is 8.00. The van der Waals surface area contributed by atoms with Gasteiger partial charge in [-0.2, -0.15) is 0 Å². The van der Waals surface area contributed by atoms with Gasteiger partial charge in [-0.15, -0.1) is 11.8 Å². The molecule has 38 heavy (non-hydrogen) atoms. The van der Waals surface area contributed by atoms with Crippen LogP contribution >= 0.6 is 23.1 Å². The summed E-state index contributed by atoms with van der Waals surface area (Å²) in [4.78, 5) is 62.5. The van der Waals surface area contributed by atoms with Crippen LogP contribution in [-0.4, -0.2) is 43.9 Å². The standard InChI is InChI=1S/C28H26N4O4S2/c1-12-5-7-15(8-6-12)30-24(33)13(2)32-26(34)20-16-10-17(21(20)27(32)35)22-19(16)18(14-4-3-9-29-11-14)23-25(37-22)31-28(36)38-23/h3-9,11,13,16-22H,10H2,1-2H3,(H,30,33)(H,31,36). The number of nitrogens with zero attached hydrogens (tertiary/aromatic N) is 2. The van der Waals surface area contributed by atoms with E-state index in [0.717, 1.165) is 27.5 Å². The van der Waals surface area contributed by atoms with E-state index in [2.05, 4.69) is 15.3 Å². The number of pyridine rings is 1. The van der Waals surface area contributed by atoms with Crippen molar-refractivity contribution in [1.82, 2.24) is 14.9 Å². The van der Waals surface area contributed by atoms with Crippen LogP contribution in [0.5, 0.6) is 0 Å². The molecule has 3 fully saturated rings. The van der Waals surface area contributed by atoms with Crippen LogP contribution in [0.15, 0.2) is 58.6 Å². The van der Waals surface area contributed by atoms with Crippen molar-refractivity contribution in [2.45, 2.75) is 42.5 Å². The van der Waals surface area contributed by atoms with Gasteiger partial charge in [0.05, 0.1) is 16.9 Å². The second kappa shape index (κ2) is 8.64. The van der Waals surface area contributed by atoms with Gasteiger partial charge < -0.3 is 10.3 Å². The monoisotopic (exact) mass is 546 g/mol. The number of likely N-dealkylation sites (tertiary alicyclic amines) is 1. The summed E-state index contributed by atoms with van der Waals surface area (Å²) in [5.74, 6) is -1.61. The minimum absolute atomic E-state index is 0.00636. The first-order valence-electron chi connectivity index (χ1n) is 12.9. The van der Waals surface area contributed by atoms with Gasteiger partial charge in [-0.3, -0.25) is 29.1 Å². The third-order valence-corrected chi connectivity index (χ3v) is 11.5. The summed E-state index contributed by atoms with van der Waals surface area (Å²) in [6, 6.07) is 10.5. The minimum atomic E-state index is -0.900. The summed E-state index contributed by atoms with van der Waals surface area (Å²) in [6.07, 6.45) is 4.39. The maximum absolute atomic E-state index is 13.8. The number of imide groups is 1. The Labute approximate surface area is 227 Å². The lowest BCUT2D eigenvalue weighted by atomic mass is 9.68. The maximum Gasteiger partial charge on any atom is 0.305 e. The van der Waals surface area contributed by atoms with Gasteiger partial charge >= 0.3 is 4.87 Å². The number of fused-ring (bicyclic) bond motifs is 9. The van der Waals surface area contributed by atoms with Gasteiger partial charge in [0.2, 0.25) is 17.7 Å². The minimum Gasteiger partial charge on any atom is -0.324 e. The molecule has 8 unspecified atom stereocenters. The highest BCUT2D eigenvalue weighted by Gasteiger charge is 2.70. The molecule has 2 saturated carbocycles. The summed E-state index contributed by atoms with van der Waals surface area (Å²) in [5, 5.41) is 3.84. The molecule has 8 nitrogen and oxygen atoms in total. The van der Waals surface area contributed by atoms with Crippen LogP contribution in [0.25, 0.3) is 0 Å².